The molecule has 2 nitrogen and oxygen atoms in total. The SMILES string of the molecule is Cc1ccc(C)c(C(O)C(CN)c2cccc(F)c2)c1. The van der Waals surface area contributed by atoms with Gasteiger partial charge in [0.2, 0.25) is 0 Å². The highest BCUT2D eigenvalue weighted by Gasteiger charge is 2.23. The Hall–Kier alpha value is -1.71. The summed E-state index contributed by atoms with van der Waals surface area (Å²) in [6, 6.07) is 12.2. The van der Waals surface area contributed by atoms with Gasteiger partial charge in [-0.3, -0.25) is 0 Å². The molecule has 2 unspecified atom stereocenters. The van der Waals surface area contributed by atoms with Gasteiger partial charge in [-0.2, -0.15) is 0 Å². The van der Waals surface area contributed by atoms with Crippen LogP contribution in [0.3, 0.4) is 0 Å². The molecule has 3 N–H and O–H groups in total. The number of aliphatic hydroxyl groups is 1. The lowest BCUT2D eigenvalue weighted by Crippen LogP contribution is -2.21. The Kier molecular flexibility index (Phi) is 4.53. The molecule has 0 aromatic heterocycles. The smallest absolute Gasteiger partial charge is 0.123 e. The van der Waals surface area contributed by atoms with Crippen LogP contribution >= 0.6 is 0 Å². The number of halogens is 1. The van der Waals surface area contributed by atoms with E-state index in [2.05, 4.69) is 0 Å². The highest BCUT2D eigenvalue weighted by atomic mass is 19.1. The van der Waals surface area contributed by atoms with Gasteiger partial charge in [0, 0.05) is 12.5 Å². The first kappa shape index (κ1) is 14.7. The molecule has 0 amide bonds. The zero-order valence-corrected chi connectivity index (χ0v) is 11.8. The number of hydrogen-bond acceptors (Lipinski definition) is 2. The third-order valence-corrected chi connectivity index (χ3v) is 3.67. The molecular weight excluding hydrogens is 253 g/mol. The van der Waals surface area contributed by atoms with Crippen LogP contribution in [0, 0.1) is 19.7 Å². The van der Waals surface area contributed by atoms with Gasteiger partial charge in [0.25, 0.3) is 0 Å². The summed E-state index contributed by atoms with van der Waals surface area (Å²) in [6.07, 6.45) is -0.735. The summed E-state index contributed by atoms with van der Waals surface area (Å²) >= 11 is 0. The van der Waals surface area contributed by atoms with Crippen molar-refractivity contribution in [2.24, 2.45) is 5.73 Å². The van der Waals surface area contributed by atoms with Crippen molar-refractivity contribution < 1.29 is 9.50 Å². The van der Waals surface area contributed by atoms with Gasteiger partial charge in [-0.05, 0) is 42.7 Å². The van der Waals surface area contributed by atoms with E-state index in [4.69, 9.17) is 5.73 Å². The fraction of sp³-hybridized carbons (Fsp3) is 0.294. The first-order chi connectivity index (χ1) is 9.52. The average molecular weight is 273 g/mol. The molecule has 0 heterocycles. The van der Waals surface area contributed by atoms with Gasteiger partial charge >= 0.3 is 0 Å². The van der Waals surface area contributed by atoms with Gasteiger partial charge in [0.1, 0.15) is 5.82 Å². The van der Waals surface area contributed by atoms with E-state index < -0.39 is 6.10 Å². The lowest BCUT2D eigenvalue weighted by molar-refractivity contribution is 0.146. The van der Waals surface area contributed by atoms with Gasteiger partial charge < -0.3 is 10.8 Å². The van der Waals surface area contributed by atoms with Crippen molar-refractivity contribution in [2.75, 3.05) is 6.54 Å². The molecule has 0 saturated heterocycles. The molecule has 0 aliphatic rings. The zero-order valence-electron chi connectivity index (χ0n) is 11.8. The molecule has 3 heteroatoms. The Labute approximate surface area is 119 Å². The second-order valence-corrected chi connectivity index (χ2v) is 5.20. The first-order valence-electron chi connectivity index (χ1n) is 6.73. The van der Waals surface area contributed by atoms with Gasteiger partial charge in [0.15, 0.2) is 0 Å². The van der Waals surface area contributed by atoms with E-state index in [0.29, 0.717) is 0 Å². The van der Waals surface area contributed by atoms with Crippen molar-refractivity contribution in [3.05, 3.63) is 70.5 Å². The lowest BCUT2D eigenvalue weighted by Gasteiger charge is -2.24. The van der Waals surface area contributed by atoms with Crippen LogP contribution in [-0.2, 0) is 0 Å². The highest BCUT2D eigenvalue weighted by molar-refractivity contribution is 5.35. The van der Waals surface area contributed by atoms with Crippen LogP contribution in [0.2, 0.25) is 0 Å². The summed E-state index contributed by atoms with van der Waals surface area (Å²) in [6.45, 7) is 4.20. The molecule has 2 aromatic carbocycles. The molecule has 0 bridgehead atoms. The summed E-state index contributed by atoms with van der Waals surface area (Å²) in [5.74, 6) is -0.625. The molecule has 2 atom stereocenters. The van der Waals surface area contributed by atoms with Crippen molar-refractivity contribution in [2.45, 2.75) is 25.9 Å². The third-order valence-electron chi connectivity index (χ3n) is 3.67. The van der Waals surface area contributed by atoms with E-state index in [9.17, 15) is 9.50 Å². The number of benzene rings is 2. The molecule has 0 fully saturated rings. The summed E-state index contributed by atoms with van der Waals surface area (Å²) in [5.41, 5.74) is 9.47. The minimum Gasteiger partial charge on any atom is -0.388 e. The molecular formula is C17H20FNO. The van der Waals surface area contributed by atoms with Gasteiger partial charge in [0.05, 0.1) is 6.10 Å². The number of aryl methyl sites for hydroxylation is 2. The molecule has 20 heavy (non-hydrogen) atoms. The highest BCUT2D eigenvalue weighted by Crippen LogP contribution is 2.32. The molecule has 106 valence electrons. The van der Waals surface area contributed by atoms with Gasteiger partial charge in [-0.15, -0.1) is 0 Å². The van der Waals surface area contributed by atoms with Crippen LogP contribution < -0.4 is 5.73 Å². The minimum absolute atomic E-state index is 0.262. The Morgan fingerprint density at radius 3 is 2.55 bits per heavy atom. The van der Waals surface area contributed by atoms with Crippen molar-refractivity contribution in [3.63, 3.8) is 0 Å². The predicted molar refractivity (Wildman–Crippen MR) is 79.1 cm³/mol. The van der Waals surface area contributed by atoms with Crippen LogP contribution in [0.15, 0.2) is 42.5 Å². The third kappa shape index (κ3) is 3.06. The average Bonchev–Trinajstić information content (AvgIpc) is 2.42. The van der Waals surface area contributed by atoms with Crippen molar-refractivity contribution in [1.29, 1.82) is 0 Å². The Balaban J connectivity index is 2.38. The maximum Gasteiger partial charge on any atom is 0.123 e. The van der Waals surface area contributed by atoms with Crippen LogP contribution in [0.1, 0.15) is 34.3 Å². The van der Waals surface area contributed by atoms with Crippen molar-refractivity contribution >= 4 is 0 Å². The van der Waals surface area contributed by atoms with Crippen LogP contribution in [-0.4, -0.2) is 11.7 Å². The largest absolute Gasteiger partial charge is 0.388 e. The Bertz CT molecular complexity index is 597. The molecule has 0 aliphatic carbocycles. The standard InChI is InChI=1S/C17H20FNO/c1-11-6-7-12(2)15(8-11)17(20)16(10-19)13-4-3-5-14(18)9-13/h3-9,16-17,20H,10,19H2,1-2H3. The van der Waals surface area contributed by atoms with E-state index in [0.717, 1.165) is 22.3 Å². The van der Waals surface area contributed by atoms with E-state index in [1.807, 2.05) is 32.0 Å². The molecule has 2 rings (SSSR count). The quantitative estimate of drug-likeness (QED) is 0.898. The summed E-state index contributed by atoms with van der Waals surface area (Å²) in [7, 11) is 0. The van der Waals surface area contributed by atoms with Crippen LogP contribution in [0.4, 0.5) is 4.39 Å². The summed E-state index contributed by atoms with van der Waals surface area (Å²) in [4.78, 5) is 0. The number of aliphatic hydroxyl groups excluding tert-OH is 1. The Morgan fingerprint density at radius 1 is 1.15 bits per heavy atom. The predicted octanol–water partition coefficient (Wildman–Crippen LogP) is 3.22. The Morgan fingerprint density at radius 2 is 1.90 bits per heavy atom. The van der Waals surface area contributed by atoms with E-state index in [1.165, 1.54) is 12.1 Å². The molecule has 0 aliphatic heterocycles. The van der Waals surface area contributed by atoms with E-state index in [-0.39, 0.29) is 18.3 Å². The van der Waals surface area contributed by atoms with Crippen LogP contribution in [0.25, 0.3) is 0 Å². The molecule has 2 aromatic rings. The topological polar surface area (TPSA) is 46.2 Å². The van der Waals surface area contributed by atoms with Gasteiger partial charge in [-0.25, -0.2) is 4.39 Å². The van der Waals surface area contributed by atoms with Crippen LogP contribution in [0.5, 0.6) is 0 Å². The molecule has 0 spiro atoms. The van der Waals surface area contributed by atoms with Crippen molar-refractivity contribution in [1.82, 2.24) is 0 Å². The fourth-order valence-corrected chi connectivity index (χ4v) is 2.48. The second kappa shape index (κ2) is 6.16. The van der Waals surface area contributed by atoms with Gasteiger partial charge in [-0.1, -0.05) is 35.9 Å². The lowest BCUT2D eigenvalue weighted by atomic mass is 9.87. The molecule has 0 saturated carbocycles. The summed E-state index contributed by atoms with van der Waals surface area (Å²) in [5, 5.41) is 10.6. The van der Waals surface area contributed by atoms with E-state index >= 15 is 0 Å². The second-order valence-electron chi connectivity index (χ2n) is 5.20. The number of hydrogen-bond donors (Lipinski definition) is 2. The monoisotopic (exact) mass is 273 g/mol. The van der Waals surface area contributed by atoms with E-state index in [1.54, 1.807) is 12.1 Å². The minimum atomic E-state index is -0.735. The molecule has 0 radical (unpaired) electrons. The number of rotatable bonds is 4. The maximum atomic E-state index is 13.4. The zero-order chi connectivity index (χ0) is 14.7. The first-order valence-corrected chi connectivity index (χ1v) is 6.73. The number of nitrogens with two attached hydrogens (primary N) is 1. The summed E-state index contributed by atoms with van der Waals surface area (Å²) < 4.78 is 13.4. The normalized spacial score (nSPS) is 14.1. The van der Waals surface area contributed by atoms with Crippen molar-refractivity contribution in [3.8, 4) is 0 Å². The maximum absolute atomic E-state index is 13.4. The fourth-order valence-electron chi connectivity index (χ4n) is 2.48.